The molecule has 0 fully saturated rings. The standard InChI is InChI=1S/C14H17BrN2O/c1-3-5-11-6-4-7-13(15)12(11)10-18-14-8-9-17(2)16-14/h4,6-9H,3,5,10H2,1-2H3. The van der Waals surface area contributed by atoms with Gasteiger partial charge in [0.2, 0.25) is 5.88 Å². The molecule has 0 spiro atoms. The predicted octanol–water partition coefficient (Wildman–Crippen LogP) is 3.71. The van der Waals surface area contributed by atoms with Crippen LogP contribution in [0.4, 0.5) is 0 Å². The lowest BCUT2D eigenvalue weighted by Gasteiger charge is -2.11. The van der Waals surface area contributed by atoms with Gasteiger partial charge in [-0.05, 0) is 18.1 Å². The summed E-state index contributed by atoms with van der Waals surface area (Å²) in [4.78, 5) is 0. The highest BCUT2D eigenvalue weighted by Gasteiger charge is 2.07. The van der Waals surface area contributed by atoms with E-state index in [1.54, 1.807) is 4.68 Å². The van der Waals surface area contributed by atoms with Crippen molar-refractivity contribution in [1.29, 1.82) is 0 Å². The number of rotatable bonds is 5. The molecule has 1 aromatic carbocycles. The molecule has 0 unspecified atom stereocenters. The van der Waals surface area contributed by atoms with Gasteiger partial charge in [-0.2, -0.15) is 0 Å². The third-order valence-electron chi connectivity index (χ3n) is 2.79. The average Bonchev–Trinajstić information content (AvgIpc) is 2.75. The van der Waals surface area contributed by atoms with Gasteiger partial charge in [-0.15, -0.1) is 5.10 Å². The Morgan fingerprint density at radius 2 is 2.17 bits per heavy atom. The van der Waals surface area contributed by atoms with Gasteiger partial charge in [0.25, 0.3) is 0 Å². The Labute approximate surface area is 116 Å². The normalized spacial score (nSPS) is 10.6. The largest absolute Gasteiger partial charge is 0.472 e. The third-order valence-corrected chi connectivity index (χ3v) is 3.53. The second-order valence-corrected chi connectivity index (χ2v) is 5.10. The summed E-state index contributed by atoms with van der Waals surface area (Å²) in [5.41, 5.74) is 2.55. The summed E-state index contributed by atoms with van der Waals surface area (Å²) in [6.45, 7) is 2.73. The number of nitrogens with zero attached hydrogens (tertiary/aromatic N) is 2. The molecular formula is C14H17BrN2O. The van der Waals surface area contributed by atoms with Crippen molar-refractivity contribution < 1.29 is 4.74 Å². The lowest BCUT2D eigenvalue weighted by atomic mass is 10.0. The van der Waals surface area contributed by atoms with E-state index in [2.05, 4.69) is 46.2 Å². The minimum absolute atomic E-state index is 0.549. The summed E-state index contributed by atoms with van der Waals surface area (Å²) in [6, 6.07) is 8.15. The van der Waals surface area contributed by atoms with Crippen LogP contribution in [0.25, 0.3) is 0 Å². The van der Waals surface area contributed by atoms with Gasteiger partial charge in [0, 0.05) is 29.3 Å². The molecule has 18 heavy (non-hydrogen) atoms. The van der Waals surface area contributed by atoms with Gasteiger partial charge in [0.1, 0.15) is 6.61 Å². The minimum atomic E-state index is 0.549. The zero-order chi connectivity index (χ0) is 13.0. The molecule has 0 bridgehead atoms. The summed E-state index contributed by atoms with van der Waals surface area (Å²) in [5.74, 6) is 0.663. The van der Waals surface area contributed by atoms with E-state index in [1.165, 1.54) is 11.1 Å². The van der Waals surface area contributed by atoms with Crippen LogP contribution in [0.1, 0.15) is 24.5 Å². The molecule has 4 heteroatoms. The molecular weight excluding hydrogens is 292 g/mol. The molecule has 2 aromatic rings. The van der Waals surface area contributed by atoms with Crippen molar-refractivity contribution in [3.63, 3.8) is 0 Å². The summed E-state index contributed by atoms with van der Waals surface area (Å²) in [5, 5.41) is 4.21. The van der Waals surface area contributed by atoms with Crippen molar-refractivity contribution in [3.05, 3.63) is 46.1 Å². The van der Waals surface area contributed by atoms with E-state index in [-0.39, 0.29) is 0 Å². The average molecular weight is 309 g/mol. The first-order valence-corrected chi connectivity index (χ1v) is 6.88. The highest BCUT2D eigenvalue weighted by atomic mass is 79.9. The smallest absolute Gasteiger partial charge is 0.233 e. The van der Waals surface area contributed by atoms with Gasteiger partial charge in [-0.3, -0.25) is 4.68 Å². The zero-order valence-corrected chi connectivity index (χ0v) is 12.3. The highest BCUT2D eigenvalue weighted by Crippen LogP contribution is 2.23. The number of aromatic nitrogens is 2. The Morgan fingerprint density at radius 1 is 1.33 bits per heavy atom. The maximum atomic E-state index is 5.72. The first-order valence-electron chi connectivity index (χ1n) is 6.09. The van der Waals surface area contributed by atoms with Crippen LogP contribution in [0.5, 0.6) is 5.88 Å². The fourth-order valence-electron chi connectivity index (χ4n) is 1.89. The Bertz CT molecular complexity index is 522. The molecule has 0 aliphatic rings. The summed E-state index contributed by atoms with van der Waals surface area (Å²) in [7, 11) is 1.88. The van der Waals surface area contributed by atoms with Crippen LogP contribution in [0, 0.1) is 0 Å². The molecule has 0 N–H and O–H groups in total. The van der Waals surface area contributed by atoms with Crippen molar-refractivity contribution in [2.24, 2.45) is 7.05 Å². The number of aryl methyl sites for hydroxylation is 2. The van der Waals surface area contributed by atoms with Crippen LogP contribution < -0.4 is 4.74 Å². The molecule has 0 radical (unpaired) electrons. The van der Waals surface area contributed by atoms with Gasteiger partial charge in [-0.1, -0.05) is 41.4 Å². The SMILES string of the molecule is CCCc1cccc(Br)c1COc1ccn(C)n1. The molecule has 0 amide bonds. The van der Waals surface area contributed by atoms with Crippen LogP contribution in [-0.2, 0) is 20.1 Å². The van der Waals surface area contributed by atoms with Gasteiger partial charge in [0.15, 0.2) is 0 Å². The molecule has 0 saturated carbocycles. The van der Waals surface area contributed by atoms with Crippen LogP contribution >= 0.6 is 15.9 Å². The van der Waals surface area contributed by atoms with Crippen LogP contribution in [0.2, 0.25) is 0 Å². The van der Waals surface area contributed by atoms with E-state index in [0.29, 0.717) is 12.5 Å². The first-order chi connectivity index (χ1) is 8.70. The molecule has 2 rings (SSSR count). The van der Waals surface area contributed by atoms with E-state index < -0.39 is 0 Å². The number of benzene rings is 1. The fraction of sp³-hybridized carbons (Fsp3) is 0.357. The van der Waals surface area contributed by atoms with Crippen LogP contribution in [0.15, 0.2) is 34.9 Å². The van der Waals surface area contributed by atoms with Crippen LogP contribution in [-0.4, -0.2) is 9.78 Å². The number of halogens is 1. The Hall–Kier alpha value is -1.29. The maximum Gasteiger partial charge on any atom is 0.233 e. The van der Waals surface area contributed by atoms with E-state index in [4.69, 9.17) is 4.74 Å². The van der Waals surface area contributed by atoms with Crippen molar-refractivity contribution in [2.75, 3.05) is 0 Å². The molecule has 1 heterocycles. The van der Waals surface area contributed by atoms with Gasteiger partial charge >= 0.3 is 0 Å². The predicted molar refractivity (Wildman–Crippen MR) is 75.7 cm³/mol. The summed E-state index contributed by atoms with van der Waals surface area (Å²) in [6.07, 6.45) is 4.08. The molecule has 0 aliphatic heterocycles. The topological polar surface area (TPSA) is 27.1 Å². The summed E-state index contributed by atoms with van der Waals surface area (Å²) >= 11 is 3.59. The Morgan fingerprint density at radius 3 is 2.83 bits per heavy atom. The third kappa shape index (κ3) is 3.13. The molecule has 3 nitrogen and oxygen atoms in total. The van der Waals surface area contributed by atoms with Gasteiger partial charge in [0.05, 0.1) is 0 Å². The highest BCUT2D eigenvalue weighted by molar-refractivity contribution is 9.10. The first kappa shape index (κ1) is 13.1. The minimum Gasteiger partial charge on any atom is -0.472 e. The lowest BCUT2D eigenvalue weighted by molar-refractivity contribution is 0.289. The number of ether oxygens (including phenoxy) is 1. The monoisotopic (exact) mass is 308 g/mol. The van der Waals surface area contributed by atoms with E-state index in [0.717, 1.165) is 17.3 Å². The van der Waals surface area contributed by atoms with Crippen LogP contribution in [0.3, 0.4) is 0 Å². The molecule has 0 atom stereocenters. The van der Waals surface area contributed by atoms with Crippen molar-refractivity contribution >= 4 is 15.9 Å². The van der Waals surface area contributed by atoms with E-state index in [1.807, 2.05) is 19.3 Å². The number of hydrogen-bond donors (Lipinski definition) is 0. The van der Waals surface area contributed by atoms with Crippen molar-refractivity contribution in [2.45, 2.75) is 26.4 Å². The summed E-state index contributed by atoms with van der Waals surface area (Å²) < 4.78 is 8.56. The van der Waals surface area contributed by atoms with Crippen molar-refractivity contribution in [3.8, 4) is 5.88 Å². The van der Waals surface area contributed by atoms with Gasteiger partial charge < -0.3 is 4.74 Å². The maximum absolute atomic E-state index is 5.72. The second-order valence-electron chi connectivity index (χ2n) is 4.24. The molecule has 0 saturated heterocycles. The molecule has 96 valence electrons. The Balaban J connectivity index is 2.12. The lowest BCUT2D eigenvalue weighted by Crippen LogP contribution is -2.02. The van der Waals surface area contributed by atoms with E-state index in [9.17, 15) is 0 Å². The van der Waals surface area contributed by atoms with Crippen molar-refractivity contribution in [1.82, 2.24) is 9.78 Å². The molecule has 1 aromatic heterocycles. The quantitative estimate of drug-likeness (QED) is 0.842. The Kier molecular flexibility index (Phi) is 4.42. The zero-order valence-electron chi connectivity index (χ0n) is 10.7. The fourth-order valence-corrected chi connectivity index (χ4v) is 2.41. The van der Waals surface area contributed by atoms with E-state index >= 15 is 0 Å². The van der Waals surface area contributed by atoms with Gasteiger partial charge in [-0.25, -0.2) is 0 Å². The molecule has 0 aliphatic carbocycles. The number of hydrogen-bond acceptors (Lipinski definition) is 2. The second kappa shape index (κ2) is 6.05.